The Morgan fingerprint density at radius 3 is 2.29 bits per heavy atom. The van der Waals surface area contributed by atoms with Crippen molar-refractivity contribution >= 4 is 5.91 Å². The zero-order chi connectivity index (χ0) is 21.0. The minimum atomic E-state index is 0.146. The Morgan fingerprint density at radius 1 is 0.935 bits per heavy atom. The summed E-state index contributed by atoms with van der Waals surface area (Å²) in [5, 5.41) is 0. The Balaban J connectivity index is 1.15. The van der Waals surface area contributed by atoms with Crippen LogP contribution in [0.15, 0.2) is 24.3 Å². The van der Waals surface area contributed by atoms with Gasteiger partial charge >= 0.3 is 0 Å². The molecule has 0 saturated carbocycles. The standard InChI is InChI=1S/C26H38N2O3/c29-26(21-9-14-30-15-10-21)28(19-25-6-3-13-31-25)18-20-7-11-27(12-8-20)24-16-22-4-1-2-5-23(22)17-24/h1-2,4-5,20-21,24-25H,3,6-19H2/t25-/m0/s1. The van der Waals surface area contributed by atoms with Crippen LogP contribution in [-0.2, 0) is 27.1 Å². The van der Waals surface area contributed by atoms with Gasteiger partial charge in [-0.1, -0.05) is 24.3 Å². The third-order valence-corrected chi connectivity index (χ3v) is 8.00. The third-order valence-electron chi connectivity index (χ3n) is 8.00. The predicted molar refractivity (Wildman–Crippen MR) is 121 cm³/mol. The zero-order valence-electron chi connectivity index (χ0n) is 18.8. The largest absolute Gasteiger partial charge is 0.381 e. The van der Waals surface area contributed by atoms with E-state index in [4.69, 9.17) is 9.47 Å². The summed E-state index contributed by atoms with van der Waals surface area (Å²) in [4.78, 5) is 18.3. The van der Waals surface area contributed by atoms with Crippen molar-refractivity contribution in [2.75, 3.05) is 46.0 Å². The minimum Gasteiger partial charge on any atom is -0.381 e. The molecule has 1 aromatic rings. The molecule has 170 valence electrons. The Labute approximate surface area is 187 Å². The monoisotopic (exact) mass is 426 g/mol. The molecule has 1 atom stereocenters. The van der Waals surface area contributed by atoms with Gasteiger partial charge in [0.15, 0.2) is 0 Å². The van der Waals surface area contributed by atoms with Crippen LogP contribution in [-0.4, -0.2) is 73.9 Å². The molecule has 3 aliphatic heterocycles. The van der Waals surface area contributed by atoms with Crippen LogP contribution in [0.2, 0.25) is 0 Å². The van der Waals surface area contributed by atoms with E-state index in [2.05, 4.69) is 34.1 Å². The molecule has 3 fully saturated rings. The van der Waals surface area contributed by atoms with Crippen molar-refractivity contribution in [2.24, 2.45) is 11.8 Å². The number of hydrogen-bond donors (Lipinski definition) is 0. The van der Waals surface area contributed by atoms with E-state index in [0.29, 0.717) is 17.9 Å². The normalized spacial score (nSPS) is 26.3. The number of amides is 1. The number of likely N-dealkylation sites (tertiary alicyclic amines) is 1. The molecule has 1 aliphatic carbocycles. The summed E-state index contributed by atoms with van der Waals surface area (Å²) in [6, 6.07) is 9.61. The molecule has 5 rings (SSSR count). The predicted octanol–water partition coefficient (Wildman–Crippen LogP) is 3.30. The average molecular weight is 427 g/mol. The van der Waals surface area contributed by atoms with Gasteiger partial charge in [-0.2, -0.15) is 0 Å². The second kappa shape index (κ2) is 10.0. The number of benzene rings is 1. The van der Waals surface area contributed by atoms with Gasteiger partial charge in [-0.15, -0.1) is 0 Å². The maximum absolute atomic E-state index is 13.4. The molecule has 31 heavy (non-hydrogen) atoms. The molecule has 5 nitrogen and oxygen atoms in total. The second-order valence-corrected chi connectivity index (χ2v) is 10.1. The van der Waals surface area contributed by atoms with Gasteiger partial charge in [0.05, 0.1) is 6.10 Å². The van der Waals surface area contributed by atoms with Crippen molar-refractivity contribution < 1.29 is 14.3 Å². The molecule has 0 N–H and O–H groups in total. The molecule has 4 aliphatic rings. The first kappa shape index (κ1) is 21.4. The summed E-state index contributed by atoms with van der Waals surface area (Å²) in [5.41, 5.74) is 3.08. The van der Waals surface area contributed by atoms with Gasteiger partial charge in [0.25, 0.3) is 0 Å². The molecule has 3 heterocycles. The van der Waals surface area contributed by atoms with Crippen LogP contribution < -0.4 is 0 Å². The first-order chi connectivity index (χ1) is 15.3. The van der Waals surface area contributed by atoms with Crippen LogP contribution in [0.5, 0.6) is 0 Å². The Hall–Kier alpha value is -1.43. The maximum atomic E-state index is 13.4. The van der Waals surface area contributed by atoms with Crippen molar-refractivity contribution in [3.8, 4) is 0 Å². The first-order valence-electron chi connectivity index (χ1n) is 12.5. The average Bonchev–Trinajstić information content (AvgIpc) is 3.49. The van der Waals surface area contributed by atoms with Gasteiger partial charge in [-0.3, -0.25) is 9.69 Å². The van der Waals surface area contributed by atoms with Crippen LogP contribution in [0.25, 0.3) is 0 Å². The lowest BCUT2D eigenvalue weighted by Gasteiger charge is -2.39. The molecule has 1 amide bonds. The number of hydrogen-bond acceptors (Lipinski definition) is 4. The quantitative estimate of drug-likeness (QED) is 0.700. The number of carbonyl (C=O) groups excluding carboxylic acids is 1. The topological polar surface area (TPSA) is 42.0 Å². The summed E-state index contributed by atoms with van der Waals surface area (Å²) in [6.07, 6.45) is 9.03. The van der Waals surface area contributed by atoms with Gasteiger partial charge in [-0.05, 0) is 81.5 Å². The molecule has 0 bridgehead atoms. The number of carbonyl (C=O) groups is 1. The summed E-state index contributed by atoms with van der Waals surface area (Å²) < 4.78 is 11.4. The Morgan fingerprint density at radius 2 is 1.65 bits per heavy atom. The summed E-state index contributed by atoms with van der Waals surface area (Å²) in [7, 11) is 0. The van der Waals surface area contributed by atoms with Gasteiger partial charge < -0.3 is 14.4 Å². The molecule has 0 spiro atoms. The maximum Gasteiger partial charge on any atom is 0.225 e. The van der Waals surface area contributed by atoms with E-state index in [1.165, 1.54) is 38.8 Å². The lowest BCUT2D eigenvalue weighted by molar-refractivity contribution is -0.141. The van der Waals surface area contributed by atoms with Crippen LogP contribution in [0, 0.1) is 11.8 Å². The molecule has 1 aromatic carbocycles. The highest BCUT2D eigenvalue weighted by molar-refractivity contribution is 5.79. The smallest absolute Gasteiger partial charge is 0.225 e. The SMILES string of the molecule is O=C(C1CCOCC1)N(CC1CCN(C2Cc3ccccc3C2)CC1)C[C@@H]1CCCO1. The number of ether oxygens (including phenoxy) is 2. The summed E-state index contributed by atoms with van der Waals surface area (Å²) in [5.74, 6) is 1.12. The highest BCUT2D eigenvalue weighted by atomic mass is 16.5. The van der Waals surface area contributed by atoms with Gasteiger partial charge in [0, 0.05) is 44.9 Å². The van der Waals surface area contributed by atoms with E-state index in [-0.39, 0.29) is 12.0 Å². The van der Waals surface area contributed by atoms with Crippen molar-refractivity contribution in [2.45, 2.75) is 63.5 Å². The summed E-state index contributed by atoms with van der Waals surface area (Å²) in [6.45, 7) is 6.35. The molecule has 0 radical (unpaired) electrons. The Kier molecular flexibility index (Phi) is 6.92. The van der Waals surface area contributed by atoms with E-state index in [1.54, 1.807) is 11.1 Å². The minimum absolute atomic E-state index is 0.146. The Bertz CT molecular complexity index is 709. The van der Waals surface area contributed by atoms with E-state index in [0.717, 1.165) is 58.6 Å². The van der Waals surface area contributed by atoms with E-state index in [9.17, 15) is 4.79 Å². The molecular weight excluding hydrogens is 388 g/mol. The van der Waals surface area contributed by atoms with Crippen molar-refractivity contribution in [1.29, 1.82) is 0 Å². The van der Waals surface area contributed by atoms with Crippen molar-refractivity contribution in [3.63, 3.8) is 0 Å². The van der Waals surface area contributed by atoms with E-state index < -0.39 is 0 Å². The molecule has 5 heteroatoms. The van der Waals surface area contributed by atoms with Gasteiger partial charge in [-0.25, -0.2) is 0 Å². The van der Waals surface area contributed by atoms with Crippen molar-refractivity contribution in [1.82, 2.24) is 9.80 Å². The number of piperidine rings is 1. The summed E-state index contributed by atoms with van der Waals surface area (Å²) >= 11 is 0. The number of nitrogens with zero attached hydrogens (tertiary/aromatic N) is 2. The van der Waals surface area contributed by atoms with Crippen LogP contribution in [0.3, 0.4) is 0 Å². The highest BCUT2D eigenvalue weighted by Crippen LogP contribution is 2.30. The first-order valence-corrected chi connectivity index (χ1v) is 12.5. The van der Waals surface area contributed by atoms with Gasteiger partial charge in [0.2, 0.25) is 5.91 Å². The lowest BCUT2D eigenvalue weighted by atomic mass is 9.92. The van der Waals surface area contributed by atoms with Crippen LogP contribution in [0.4, 0.5) is 0 Å². The van der Waals surface area contributed by atoms with Gasteiger partial charge in [0.1, 0.15) is 0 Å². The number of fused-ring (bicyclic) bond motifs is 1. The fourth-order valence-electron chi connectivity index (χ4n) is 6.10. The molecule has 0 aromatic heterocycles. The molecule has 0 unspecified atom stereocenters. The third kappa shape index (κ3) is 5.15. The second-order valence-electron chi connectivity index (χ2n) is 10.1. The van der Waals surface area contributed by atoms with Crippen LogP contribution in [0.1, 0.15) is 49.7 Å². The zero-order valence-corrected chi connectivity index (χ0v) is 18.8. The van der Waals surface area contributed by atoms with Crippen molar-refractivity contribution in [3.05, 3.63) is 35.4 Å². The fraction of sp³-hybridized carbons (Fsp3) is 0.731. The van der Waals surface area contributed by atoms with E-state index in [1.807, 2.05) is 0 Å². The van der Waals surface area contributed by atoms with Crippen LogP contribution >= 0.6 is 0 Å². The number of rotatable bonds is 6. The molecule has 3 saturated heterocycles. The highest BCUT2D eigenvalue weighted by Gasteiger charge is 2.33. The fourth-order valence-corrected chi connectivity index (χ4v) is 6.10. The molecular formula is C26H38N2O3. The van der Waals surface area contributed by atoms with E-state index >= 15 is 0 Å². The lowest BCUT2D eigenvalue weighted by Crippen LogP contribution is -2.48.